The Balaban J connectivity index is 1.66. The number of ketones is 1. The SMILES string of the molecule is CC(=O)Nc1cccc(N2C(=O)C(=O)/C(=C(\O)c3ccc4c(c3)CCCC4)C2c2cccnc2)c1. The highest BCUT2D eigenvalue weighted by Gasteiger charge is 2.47. The number of benzene rings is 2. The Labute approximate surface area is 203 Å². The van der Waals surface area contributed by atoms with Gasteiger partial charge in [-0.2, -0.15) is 0 Å². The van der Waals surface area contributed by atoms with Crippen LogP contribution in [0.4, 0.5) is 11.4 Å². The van der Waals surface area contributed by atoms with Crippen LogP contribution in [0.2, 0.25) is 0 Å². The van der Waals surface area contributed by atoms with E-state index >= 15 is 0 Å². The third-order valence-corrected chi connectivity index (χ3v) is 6.51. The van der Waals surface area contributed by atoms with Gasteiger partial charge < -0.3 is 10.4 Å². The summed E-state index contributed by atoms with van der Waals surface area (Å²) in [5, 5.41) is 14.1. The van der Waals surface area contributed by atoms with E-state index in [9.17, 15) is 19.5 Å². The molecule has 1 fully saturated rings. The minimum Gasteiger partial charge on any atom is -0.507 e. The van der Waals surface area contributed by atoms with Crippen molar-refractivity contribution >= 4 is 34.7 Å². The van der Waals surface area contributed by atoms with Gasteiger partial charge in [-0.15, -0.1) is 0 Å². The molecular formula is C28H25N3O4. The van der Waals surface area contributed by atoms with Crippen LogP contribution in [0.3, 0.4) is 0 Å². The Morgan fingerprint density at radius 1 is 1.03 bits per heavy atom. The molecule has 0 saturated carbocycles. The first-order chi connectivity index (χ1) is 16.9. The summed E-state index contributed by atoms with van der Waals surface area (Å²) >= 11 is 0. The summed E-state index contributed by atoms with van der Waals surface area (Å²) in [7, 11) is 0. The number of rotatable bonds is 4. The van der Waals surface area contributed by atoms with Crippen molar-refractivity contribution in [3.8, 4) is 0 Å². The lowest BCUT2D eigenvalue weighted by Crippen LogP contribution is -2.29. The Kier molecular flexibility index (Phi) is 5.91. The minimum atomic E-state index is -0.868. The van der Waals surface area contributed by atoms with E-state index in [0.717, 1.165) is 31.2 Å². The van der Waals surface area contributed by atoms with Gasteiger partial charge in [0.1, 0.15) is 5.76 Å². The molecule has 1 aliphatic heterocycles. The quantitative estimate of drug-likeness (QED) is 0.333. The molecule has 35 heavy (non-hydrogen) atoms. The molecule has 0 bridgehead atoms. The molecule has 7 nitrogen and oxygen atoms in total. The number of carbonyl (C=O) groups excluding carboxylic acids is 3. The number of anilines is 2. The summed E-state index contributed by atoms with van der Waals surface area (Å²) in [6.07, 6.45) is 7.34. The van der Waals surface area contributed by atoms with E-state index in [1.807, 2.05) is 18.2 Å². The fourth-order valence-corrected chi connectivity index (χ4v) is 4.92. The molecule has 2 aliphatic rings. The third kappa shape index (κ3) is 4.21. The maximum absolute atomic E-state index is 13.3. The zero-order valence-electron chi connectivity index (χ0n) is 19.3. The molecule has 2 heterocycles. The zero-order valence-corrected chi connectivity index (χ0v) is 19.3. The smallest absolute Gasteiger partial charge is 0.300 e. The van der Waals surface area contributed by atoms with Gasteiger partial charge in [0.15, 0.2) is 0 Å². The number of nitrogens with zero attached hydrogens (tertiary/aromatic N) is 2. The Bertz CT molecular complexity index is 1360. The van der Waals surface area contributed by atoms with Crippen molar-refractivity contribution in [1.82, 2.24) is 4.98 Å². The number of pyridine rings is 1. The predicted molar refractivity (Wildman–Crippen MR) is 133 cm³/mol. The number of hydrogen-bond acceptors (Lipinski definition) is 5. The van der Waals surface area contributed by atoms with Crippen LogP contribution in [-0.4, -0.2) is 27.7 Å². The van der Waals surface area contributed by atoms with Crippen LogP contribution >= 0.6 is 0 Å². The van der Waals surface area contributed by atoms with Crippen LogP contribution in [0.5, 0.6) is 0 Å². The number of amides is 2. The molecular weight excluding hydrogens is 442 g/mol. The molecule has 2 N–H and O–H groups in total. The molecule has 7 heteroatoms. The van der Waals surface area contributed by atoms with Gasteiger partial charge in [0.2, 0.25) is 5.91 Å². The molecule has 3 aromatic rings. The largest absolute Gasteiger partial charge is 0.507 e. The molecule has 1 atom stereocenters. The highest BCUT2D eigenvalue weighted by Crippen LogP contribution is 2.42. The van der Waals surface area contributed by atoms with Gasteiger partial charge in [-0.05, 0) is 72.7 Å². The summed E-state index contributed by atoms with van der Waals surface area (Å²) in [5.74, 6) is -1.97. The fraction of sp³-hybridized carbons (Fsp3) is 0.214. The van der Waals surface area contributed by atoms with Crippen LogP contribution in [0.1, 0.15) is 48.1 Å². The van der Waals surface area contributed by atoms with E-state index < -0.39 is 17.7 Å². The van der Waals surface area contributed by atoms with Gasteiger partial charge in [-0.1, -0.05) is 24.3 Å². The Hall–Kier alpha value is -4.26. The molecule has 176 valence electrons. The van der Waals surface area contributed by atoms with E-state index in [-0.39, 0.29) is 17.2 Å². The topological polar surface area (TPSA) is 99.6 Å². The van der Waals surface area contributed by atoms with Crippen LogP contribution in [0.25, 0.3) is 5.76 Å². The first-order valence-electron chi connectivity index (χ1n) is 11.6. The maximum Gasteiger partial charge on any atom is 0.300 e. The lowest BCUT2D eigenvalue weighted by molar-refractivity contribution is -0.132. The molecule has 5 rings (SSSR count). The number of hydrogen-bond donors (Lipinski definition) is 2. The van der Waals surface area contributed by atoms with E-state index in [1.54, 1.807) is 48.8 Å². The molecule has 0 radical (unpaired) electrons. The molecule has 1 aliphatic carbocycles. The third-order valence-electron chi connectivity index (χ3n) is 6.51. The minimum absolute atomic E-state index is 0.0173. The second-order valence-electron chi connectivity index (χ2n) is 8.88. The van der Waals surface area contributed by atoms with Crippen LogP contribution in [0, 0.1) is 0 Å². The van der Waals surface area contributed by atoms with Crippen LogP contribution in [0.15, 0.2) is 72.6 Å². The van der Waals surface area contributed by atoms with Crippen molar-refractivity contribution in [2.75, 3.05) is 10.2 Å². The van der Waals surface area contributed by atoms with Crippen molar-refractivity contribution < 1.29 is 19.5 Å². The van der Waals surface area contributed by atoms with Gasteiger partial charge >= 0.3 is 0 Å². The van der Waals surface area contributed by atoms with Crippen molar-refractivity contribution in [2.24, 2.45) is 0 Å². The number of aryl methyl sites for hydroxylation is 2. The van der Waals surface area contributed by atoms with Crippen molar-refractivity contribution in [3.05, 3.63) is 94.8 Å². The van der Waals surface area contributed by atoms with Crippen molar-refractivity contribution in [2.45, 2.75) is 38.6 Å². The number of aromatic nitrogens is 1. The zero-order chi connectivity index (χ0) is 24.5. The number of carbonyl (C=O) groups is 3. The first-order valence-corrected chi connectivity index (χ1v) is 11.6. The van der Waals surface area contributed by atoms with Gasteiger partial charge in [-0.3, -0.25) is 24.3 Å². The van der Waals surface area contributed by atoms with E-state index in [4.69, 9.17) is 0 Å². The van der Waals surface area contributed by atoms with Gasteiger partial charge in [0.05, 0.1) is 11.6 Å². The summed E-state index contributed by atoms with van der Waals surface area (Å²) in [4.78, 5) is 43.8. The van der Waals surface area contributed by atoms with Gasteiger partial charge in [0.25, 0.3) is 11.7 Å². The molecule has 1 unspecified atom stereocenters. The van der Waals surface area contributed by atoms with E-state index in [0.29, 0.717) is 22.5 Å². The molecule has 2 aromatic carbocycles. The second kappa shape index (κ2) is 9.18. The monoisotopic (exact) mass is 467 g/mol. The Morgan fingerprint density at radius 2 is 1.83 bits per heavy atom. The highest BCUT2D eigenvalue weighted by atomic mass is 16.3. The van der Waals surface area contributed by atoms with Crippen LogP contribution in [-0.2, 0) is 27.2 Å². The van der Waals surface area contributed by atoms with Gasteiger partial charge in [0, 0.05) is 36.3 Å². The average molecular weight is 468 g/mol. The molecule has 2 amide bonds. The fourth-order valence-electron chi connectivity index (χ4n) is 4.92. The number of Topliss-reactive ketones (excluding diaryl/α,β-unsaturated/α-hetero) is 1. The maximum atomic E-state index is 13.3. The summed E-state index contributed by atoms with van der Waals surface area (Å²) in [6.45, 7) is 1.40. The number of nitrogens with one attached hydrogen (secondary N) is 1. The number of aliphatic hydroxyl groups is 1. The second-order valence-corrected chi connectivity index (χ2v) is 8.88. The highest BCUT2D eigenvalue weighted by molar-refractivity contribution is 6.51. The van der Waals surface area contributed by atoms with E-state index in [1.165, 1.54) is 17.4 Å². The summed E-state index contributed by atoms with van der Waals surface area (Å²) in [6, 6.07) is 15.1. The summed E-state index contributed by atoms with van der Waals surface area (Å²) < 4.78 is 0. The lowest BCUT2D eigenvalue weighted by Gasteiger charge is -2.25. The van der Waals surface area contributed by atoms with Gasteiger partial charge in [-0.25, -0.2) is 0 Å². The van der Waals surface area contributed by atoms with E-state index in [2.05, 4.69) is 10.3 Å². The normalized spacial score (nSPS) is 18.9. The lowest BCUT2D eigenvalue weighted by atomic mass is 9.89. The molecule has 1 aromatic heterocycles. The number of aliphatic hydroxyl groups excluding tert-OH is 1. The Morgan fingerprint density at radius 3 is 2.57 bits per heavy atom. The molecule has 0 spiro atoms. The summed E-state index contributed by atoms with van der Waals surface area (Å²) in [5.41, 5.74) is 4.47. The van der Waals surface area contributed by atoms with Crippen molar-refractivity contribution in [1.29, 1.82) is 0 Å². The predicted octanol–water partition coefficient (Wildman–Crippen LogP) is 4.55. The van der Waals surface area contributed by atoms with Crippen LogP contribution < -0.4 is 10.2 Å². The number of fused-ring (bicyclic) bond motifs is 1. The average Bonchev–Trinajstić information content (AvgIpc) is 3.14. The first kappa shape index (κ1) is 22.5. The standard InChI is InChI=1S/C28H25N3O4/c1-17(32)30-22-9-4-10-23(15-22)31-25(21-8-5-13-29-16-21)24(27(34)28(31)35)26(33)20-12-11-18-6-2-3-7-19(18)14-20/h4-5,8-16,25,33H,2-3,6-7H2,1H3,(H,30,32)/b26-24-. The molecule has 1 saturated heterocycles. The van der Waals surface area contributed by atoms with Crippen molar-refractivity contribution in [3.63, 3.8) is 0 Å².